The van der Waals surface area contributed by atoms with E-state index in [9.17, 15) is 14.0 Å². The lowest BCUT2D eigenvalue weighted by atomic mass is 10.2. The van der Waals surface area contributed by atoms with Gasteiger partial charge in [-0.2, -0.15) is 0 Å². The maximum atomic E-state index is 13.4. The van der Waals surface area contributed by atoms with Gasteiger partial charge < -0.3 is 10.6 Å². The van der Waals surface area contributed by atoms with Crippen LogP contribution in [0.4, 0.5) is 10.1 Å². The molecule has 0 radical (unpaired) electrons. The van der Waals surface area contributed by atoms with Crippen LogP contribution in [0.5, 0.6) is 0 Å². The first-order valence-electron chi connectivity index (χ1n) is 7.35. The van der Waals surface area contributed by atoms with E-state index in [1.54, 1.807) is 24.3 Å². The van der Waals surface area contributed by atoms with Crippen LogP contribution in [0.3, 0.4) is 0 Å². The minimum Gasteiger partial charge on any atom is -0.352 e. The Labute approximate surface area is 159 Å². The van der Waals surface area contributed by atoms with Gasteiger partial charge in [-0.15, -0.1) is 0 Å². The fraction of sp³-hybridized carbons (Fsp3) is 0.176. The van der Waals surface area contributed by atoms with E-state index in [0.717, 1.165) is 6.07 Å². The van der Waals surface area contributed by atoms with Gasteiger partial charge in [0.1, 0.15) is 5.82 Å². The van der Waals surface area contributed by atoms with E-state index in [1.165, 1.54) is 6.07 Å². The Hall–Kier alpha value is -1.82. The van der Waals surface area contributed by atoms with Crippen LogP contribution < -0.4 is 10.6 Å². The Morgan fingerprint density at radius 2 is 1.68 bits per heavy atom. The fourth-order valence-corrected chi connectivity index (χ4v) is 2.59. The van der Waals surface area contributed by atoms with E-state index in [2.05, 4.69) is 10.6 Å². The Morgan fingerprint density at radius 1 is 1.00 bits per heavy atom. The molecular weight excluding hydrogens is 390 g/mol. The van der Waals surface area contributed by atoms with Crippen molar-refractivity contribution in [2.75, 3.05) is 11.9 Å². The molecule has 2 aromatic carbocycles. The molecule has 2 rings (SSSR count). The molecule has 0 fully saturated rings. The second-order valence-electron chi connectivity index (χ2n) is 5.16. The quantitative estimate of drug-likeness (QED) is 0.530. The highest BCUT2D eigenvalue weighted by Gasteiger charge is 2.14. The zero-order chi connectivity index (χ0) is 18.4. The summed E-state index contributed by atoms with van der Waals surface area (Å²) in [5, 5.41) is 5.79. The number of rotatable bonds is 6. The largest absolute Gasteiger partial charge is 0.352 e. The second kappa shape index (κ2) is 9.04. The van der Waals surface area contributed by atoms with Crippen LogP contribution in [0.15, 0.2) is 36.4 Å². The Morgan fingerprint density at radius 3 is 2.36 bits per heavy atom. The van der Waals surface area contributed by atoms with Crippen LogP contribution in [0.25, 0.3) is 0 Å². The van der Waals surface area contributed by atoms with E-state index in [-0.39, 0.29) is 34.5 Å². The molecule has 0 atom stereocenters. The van der Waals surface area contributed by atoms with E-state index < -0.39 is 11.7 Å². The standard InChI is InChI=1S/C17H14Cl3FN2O2/c18-10-3-5-11(6-4-10)23-16(24)2-1-7-22-17(25)12-8-15(21)14(20)9-13(12)19/h3-6,8-9H,1-2,7H2,(H,22,25)(H,23,24). The highest BCUT2D eigenvalue weighted by Crippen LogP contribution is 2.24. The number of hydrogen-bond donors (Lipinski definition) is 2. The number of hydrogen-bond acceptors (Lipinski definition) is 2. The van der Waals surface area contributed by atoms with Gasteiger partial charge in [0, 0.05) is 23.7 Å². The van der Waals surface area contributed by atoms with Gasteiger partial charge in [-0.3, -0.25) is 9.59 Å². The molecule has 0 saturated carbocycles. The number of carbonyl (C=O) groups is 2. The summed E-state index contributed by atoms with van der Waals surface area (Å²) in [4.78, 5) is 23.8. The van der Waals surface area contributed by atoms with Crippen molar-refractivity contribution in [2.24, 2.45) is 0 Å². The smallest absolute Gasteiger partial charge is 0.252 e. The molecule has 0 unspecified atom stereocenters. The first kappa shape index (κ1) is 19.5. The molecule has 0 aromatic heterocycles. The predicted octanol–water partition coefficient (Wildman–Crippen LogP) is 4.93. The predicted molar refractivity (Wildman–Crippen MR) is 98.1 cm³/mol. The van der Waals surface area contributed by atoms with Crippen LogP contribution in [-0.2, 0) is 4.79 Å². The molecule has 0 spiro atoms. The monoisotopic (exact) mass is 402 g/mol. The fourth-order valence-electron chi connectivity index (χ4n) is 2.00. The van der Waals surface area contributed by atoms with Crippen molar-refractivity contribution in [3.63, 3.8) is 0 Å². The van der Waals surface area contributed by atoms with E-state index in [0.29, 0.717) is 17.1 Å². The summed E-state index contributed by atoms with van der Waals surface area (Å²) in [6.45, 7) is 0.243. The Kier molecular flexibility index (Phi) is 7.05. The summed E-state index contributed by atoms with van der Waals surface area (Å²) < 4.78 is 13.4. The van der Waals surface area contributed by atoms with Crippen molar-refractivity contribution in [3.05, 3.63) is 62.8 Å². The van der Waals surface area contributed by atoms with Gasteiger partial charge in [-0.1, -0.05) is 34.8 Å². The number of halogens is 4. The highest BCUT2D eigenvalue weighted by atomic mass is 35.5. The van der Waals surface area contributed by atoms with Crippen LogP contribution >= 0.6 is 34.8 Å². The topological polar surface area (TPSA) is 58.2 Å². The molecule has 2 aromatic rings. The molecule has 25 heavy (non-hydrogen) atoms. The second-order valence-corrected chi connectivity index (χ2v) is 6.41. The third-order valence-electron chi connectivity index (χ3n) is 3.25. The molecule has 0 saturated heterocycles. The maximum Gasteiger partial charge on any atom is 0.252 e. The normalized spacial score (nSPS) is 10.4. The summed E-state index contributed by atoms with van der Waals surface area (Å²) in [6, 6.07) is 8.89. The lowest BCUT2D eigenvalue weighted by Gasteiger charge is -2.08. The summed E-state index contributed by atoms with van der Waals surface area (Å²) in [5.74, 6) is -1.44. The molecule has 0 aliphatic heterocycles. The summed E-state index contributed by atoms with van der Waals surface area (Å²) in [6.07, 6.45) is 0.629. The number of benzene rings is 2. The van der Waals surface area contributed by atoms with Crippen molar-refractivity contribution < 1.29 is 14.0 Å². The van der Waals surface area contributed by atoms with Crippen LogP contribution in [0.2, 0.25) is 15.1 Å². The zero-order valence-electron chi connectivity index (χ0n) is 12.9. The SMILES string of the molecule is O=C(CCCNC(=O)c1cc(F)c(Cl)cc1Cl)Nc1ccc(Cl)cc1. The van der Waals surface area contributed by atoms with Crippen molar-refractivity contribution in [3.8, 4) is 0 Å². The highest BCUT2D eigenvalue weighted by molar-refractivity contribution is 6.36. The third kappa shape index (κ3) is 5.88. The number of nitrogens with one attached hydrogen (secondary N) is 2. The average Bonchev–Trinajstić information content (AvgIpc) is 2.57. The minimum absolute atomic E-state index is 0.00539. The maximum absolute atomic E-state index is 13.4. The molecule has 0 heterocycles. The number of anilines is 1. The van der Waals surface area contributed by atoms with Gasteiger partial charge in [-0.25, -0.2) is 4.39 Å². The molecule has 8 heteroatoms. The van der Waals surface area contributed by atoms with Gasteiger partial charge in [0.05, 0.1) is 15.6 Å². The summed E-state index contributed by atoms with van der Waals surface area (Å²) >= 11 is 17.2. The minimum atomic E-state index is -0.724. The van der Waals surface area contributed by atoms with E-state index in [1.807, 2.05) is 0 Å². The first-order valence-corrected chi connectivity index (χ1v) is 8.48. The third-order valence-corrected chi connectivity index (χ3v) is 4.10. The van der Waals surface area contributed by atoms with Gasteiger partial charge in [0.2, 0.25) is 5.91 Å². The molecule has 2 amide bonds. The van der Waals surface area contributed by atoms with Crippen molar-refractivity contribution in [2.45, 2.75) is 12.8 Å². The molecule has 0 bridgehead atoms. The van der Waals surface area contributed by atoms with Crippen LogP contribution in [0.1, 0.15) is 23.2 Å². The number of carbonyl (C=O) groups excluding carboxylic acids is 2. The molecule has 2 N–H and O–H groups in total. The summed E-state index contributed by atoms with van der Waals surface area (Å²) in [7, 11) is 0. The van der Waals surface area contributed by atoms with E-state index in [4.69, 9.17) is 34.8 Å². The Balaban J connectivity index is 1.77. The molecule has 0 aliphatic carbocycles. The van der Waals surface area contributed by atoms with Gasteiger partial charge in [-0.05, 0) is 42.8 Å². The first-order chi connectivity index (χ1) is 11.9. The van der Waals surface area contributed by atoms with Gasteiger partial charge >= 0.3 is 0 Å². The van der Waals surface area contributed by atoms with Crippen molar-refractivity contribution in [1.29, 1.82) is 0 Å². The van der Waals surface area contributed by atoms with Crippen LogP contribution in [-0.4, -0.2) is 18.4 Å². The molecule has 0 aliphatic rings. The van der Waals surface area contributed by atoms with Gasteiger partial charge in [0.15, 0.2) is 0 Å². The van der Waals surface area contributed by atoms with Crippen LogP contribution in [0, 0.1) is 5.82 Å². The van der Waals surface area contributed by atoms with E-state index >= 15 is 0 Å². The zero-order valence-corrected chi connectivity index (χ0v) is 15.2. The lowest BCUT2D eigenvalue weighted by Crippen LogP contribution is -2.26. The van der Waals surface area contributed by atoms with Crippen molar-refractivity contribution in [1.82, 2.24) is 5.32 Å². The Bertz CT molecular complexity index is 782. The lowest BCUT2D eigenvalue weighted by molar-refractivity contribution is -0.116. The summed E-state index contributed by atoms with van der Waals surface area (Å²) in [5.41, 5.74) is 0.635. The molecule has 4 nitrogen and oxygen atoms in total. The number of amides is 2. The molecule has 132 valence electrons. The molecular formula is C17H14Cl3FN2O2. The van der Waals surface area contributed by atoms with Gasteiger partial charge in [0.25, 0.3) is 5.91 Å². The average molecular weight is 404 g/mol. The van der Waals surface area contributed by atoms with Crippen molar-refractivity contribution >= 4 is 52.3 Å².